The Hall–Kier alpha value is -3.28. The number of rotatable bonds is 20. The Bertz CT molecular complexity index is 984. The number of carbonyl (C=O) groups excluding carboxylic acids is 1. The molecule has 2 aromatic rings. The van der Waals surface area contributed by atoms with Crippen LogP contribution in [0.5, 0.6) is 11.5 Å². The number of nitrogens with one attached hydrogen (secondary N) is 1. The number of allylic oxidation sites excluding steroid dienone is 1. The van der Waals surface area contributed by atoms with E-state index in [1.165, 1.54) is 32.1 Å². The van der Waals surface area contributed by atoms with Crippen molar-refractivity contribution in [2.45, 2.75) is 90.4 Å². The lowest BCUT2D eigenvalue weighted by molar-refractivity contribution is -0.137. The van der Waals surface area contributed by atoms with Crippen LogP contribution < -0.4 is 14.8 Å². The lowest BCUT2D eigenvalue weighted by Crippen LogP contribution is -2.12. The van der Waals surface area contributed by atoms with Gasteiger partial charge in [-0.05, 0) is 73.6 Å². The summed E-state index contributed by atoms with van der Waals surface area (Å²) in [5, 5.41) is 12.1. The zero-order valence-corrected chi connectivity index (χ0v) is 23.2. The van der Waals surface area contributed by atoms with Gasteiger partial charge in [0.25, 0.3) is 0 Å². The highest BCUT2D eigenvalue weighted by molar-refractivity contribution is 5.90. The number of anilines is 1. The van der Waals surface area contributed by atoms with Crippen molar-refractivity contribution in [3.63, 3.8) is 0 Å². The highest BCUT2D eigenvalue weighted by Crippen LogP contribution is 2.25. The summed E-state index contributed by atoms with van der Waals surface area (Å²) in [5.74, 6) is 0.679. The first kappa shape index (κ1) is 30.9. The summed E-state index contributed by atoms with van der Waals surface area (Å²) in [6.07, 6.45) is 16.1. The van der Waals surface area contributed by atoms with Gasteiger partial charge in [-0.2, -0.15) is 0 Å². The van der Waals surface area contributed by atoms with E-state index in [2.05, 4.69) is 24.4 Å². The molecular formula is C32H45NO5. The summed E-state index contributed by atoms with van der Waals surface area (Å²) in [6.45, 7) is 2.77. The number of aryl methyl sites for hydroxylation is 1. The van der Waals surface area contributed by atoms with Gasteiger partial charge in [-0.15, -0.1) is 0 Å². The van der Waals surface area contributed by atoms with E-state index in [4.69, 9.17) is 14.6 Å². The maximum Gasteiger partial charge on any atom is 0.303 e. The first-order valence-corrected chi connectivity index (χ1v) is 14.1. The zero-order chi connectivity index (χ0) is 27.4. The third-order valence-electron chi connectivity index (χ3n) is 6.41. The molecule has 0 aliphatic rings. The molecule has 1 amide bonds. The number of carboxylic acids is 1. The molecule has 0 saturated carbocycles. The summed E-state index contributed by atoms with van der Waals surface area (Å²) in [7, 11) is 1.66. The third kappa shape index (κ3) is 13.3. The van der Waals surface area contributed by atoms with E-state index in [9.17, 15) is 9.59 Å². The molecule has 38 heavy (non-hydrogen) atoms. The van der Waals surface area contributed by atoms with Crippen molar-refractivity contribution in [1.82, 2.24) is 0 Å². The third-order valence-corrected chi connectivity index (χ3v) is 6.41. The Morgan fingerprint density at radius 3 is 2.34 bits per heavy atom. The Morgan fingerprint density at radius 2 is 1.63 bits per heavy atom. The number of aliphatic carboxylic acids is 1. The van der Waals surface area contributed by atoms with Crippen LogP contribution in [0, 0.1) is 0 Å². The van der Waals surface area contributed by atoms with Crippen LogP contribution in [-0.2, 0) is 16.0 Å². The predicted molar refractivity (Wildman–Crippen MR) is 155 cm³/mol. The van der Waals surface area contributed by atoms with Crippen LogP contribution in [0.15, 0.2) is 48.5 Å². The van der Waals surface area contributed by atoms with E-state index < -0.39 is 5.97 Å². The van der Waals surface area contributed by atoms with Crippen molar-refractivity contribution in [2.24, 2.45) is 0 Å². The first-order valence-electron chi connectivity index (χ1n) is 14.1. The van der Waals surface area contributed by atoms with Crippen LogP contribution in [0.3, 0.4) is 0 Å². The normalized spacial score (nSPS) is 11.0. The number of ether oxygens (including phenoxy) is 2. The maximum atomic E-state index is 12.4. The van der Waals surface area contributed by atoms with Crippen LogP contribution in [0.2, 0.25) is 0 Å². The number of hydrogen-bond donors (Lipinski definition) is 2. The molecule has 0 heterocycles. The molecule has 2 rings (SSSR count). The molecule has 6 nitrogen and oxygen atoms in total. The summed E-state index contributed by atoms with van der Waals surface area (Å²) in [5.41, 5.74) is 2.63. The van der Waals surface area contributed by atoms with Gasteiger partial charge in [-0.3, -0.25) is 9.59 Å². The van der Waals surface area contributed by atoms with Crippen molar-refractivity contribution in [2.75, 3.05) is 19.0 Å². The standard InChI is InChI=1S/C32H45NO5/c1-3-4-5-6-7-8-12-15-31(34)33-28-19-22-30(27(25-28)18-23-32(35)36)38-24-13-10-9-11-14-26-16-20-29(37-2)21-17-26/h11,14,16-17,19-22,25H,3-10,12-13,15,18,23-24H2,1-2H3,(H,33,34)(H,35,36)/b14-11+. The number of hydrogen-bond acceptors (Lipinski definition) is 4. The Morgan fingerprint density at radius 1 is 0.895 bits per heavy atom. The van der Waals surface area contributed by atoms with Gasteiger partial charge in [0.1, 0.15) is 11.5 Å². The molecule has 0 fully saturated rings. The van der Waals surface area contributed by atoms with Crippen LogP contribution >= 0.6 is 0 Å². The monoisotopic (exact) mass is 523 g/mol. The Balaban J connectivity index is 1.76. The molecule has 6 heteroatoms. The summed E-state index contributed by atoms with van der Waals surface area (Å²) < 4.78 is 11.2. The van der Waals surface area contributed by atoms with Crippen LogP contribution in [0.25, 0.3) is 6.08 Å². The molecule has 0 bridgehead atoms. The molecule has 0 spiro atoms. The van der Waals surface area contributed by atoms with Gasteiger partial charge in [0.2, 0.25) is 5.91 Å². The molecule has 2 aromatic carbocycles. The molecule has 0 aliphatic heterocycles. The predicted octanol–water partition coefficient (Wildman–Crippen LogP) is 8.05. The van der Waals surface area contributed by atoms with Crippen molar-refractivity contribution < 1.29 is 24.2 Å². The van der Waals surface area contributed by atoms with Crippen LogP contribution in [0.1, 0.15) is 95.1 Å². The van der Waals surface area contributed by atoms with Gasteiger partial charge in [0.05, 0.1) is 13.7 Å². The summed E-state index contributed by atoms with van der Waals surface area (Å²) in [4.78, 5) is 23.5. The highest BCUT2D eigenvalue weighted by atomic mass is 16.5. The van der Waals surface area contributed by atoms with Crippen molar-refractivity contribution in [3.05, 3.63) is 59.7 Å². The Labute approximate surface area is 228 Å². The largest absolute Gasteiger partial charge is 0.497 e. The molecule has 208 valence electrons. The van der Waals surface area contributed by atoms with Crippen LogP contribution in [-0.4, -0.2) is 30.7 Å². The average Bonchev–Trinajstić information content (AvgIpc) is 2.92. The second kappa shape index (κ2) is 18.9. The number of carbonyl (C=O) groups is 2. The zero-order valence-electron chi connectivity index (χ0n) is 23.2. The summed E-state index contributed by atoms with van der Waals surface area (Å²) >= 11 is 0. The topological polar surface area (TPSA) is 84.9 Å². The minimum absolute atomic E-state index is 0.000828. The van der Waals surface area contributed by atoms with E-state index in [0.717, 1.165) is 49.0 Å². The average molecular weight is 524 g/mol. The van der Waals surface area contributed by atoms with Gasteiger partial charge >= 0.3 is 5.97 Å². The molecule has 0 aromatic heterocycles. The van der Waals surface area contributed by atoms with E-state index in [0.29, 0.717) is 30.9 Å². The van der Waals surface area contributed by atoms with Crippen LogP contribution in [0.4, 0.5) is 5.69 Å². The summed E-state index contributed by atoms with van der Waals surface area (Å²) in [6, 6.07) is 13.5. The number of methoxy groups -OCH3 is 1. The molecule has 0 aliphatic carbocycles. The molecule has 0 unspecified atom stereocenters. The SMILES string of the molecule is CCCCCCCCCC(=O)Nc1ccc(OCCCC/C=C/c2ccc(OC)cc2)c(CCC(=O)O)c1. The van der Waals surface area contributed by atoms with E-state index >= 15 is 0 Å². The molecule has 2 N–H and O–H groups in total. The fraction of sp³-hybridized carbons (Fsp3) is 0.500. The second-order valence-corrected chi connectivity index (χ2v) is 9.66. The van der Waals surface area contributed by atoms with E-state index in [1.807, 2.05) is 42.5 Å². The van der Waals surface area contributed by atoms with Crippen molar-refractivity contribution in [1.29, 1.82) is 0 Å². The Kier molecular flexibility index (Phi) is 15.4. The minimum Gasteiger partial charge on any atom is -0.497 e. The van der Waals surface area contributed by atoms with Gasteiger partial charge < -0.3 is 19.9 Å². The number of unbranched alkanes of at least 4 members (excludes halogenated alkanes) is 8. The minimum atomic E-state index is -0.854. The quantitative estimate of drug-likeness (QED) is 0.171. The molecular weight excluding hydrogens is 478 g/mol. The van der Waals surface area contributed by atoms with Gasteiger partial charge in [0.15, 0.2) is 0 Å². The smallest absolute Gasteiger partial charge is 0.303 e. The van der Waals surface area contributed by atoms with Gasteiger partial charge in [-0.25, -0.2) is 0 Å². The lowest BCUT2D eigenvalue weighted by atomic mass is 10.1. The van der Waals surface area contributed by atoms with Crippen molar-refractivity contribution in [3.8, 4) is 11.5 Å². The van der Waals surface area contributed by atoms with E-state index in [-0.39, 0.29) is 12.3 Å². The van der Waals surface area contributed by atoms with Gasteiger partial charge in [0, 0.05) is 18.5 Å². The first-order chi connectivity index (χ1) is 18.5. The number of amides is 1. The fourth-order valence-electron chi connectivity index (χ4n) is 4.18. The molecule has 0 atom stereocenters. The molecule has 0 saturated heterocycles. The number of benzene rings is 2. The highest BCUT2D eigenvalue weighted by Gasteiger charge is 2.10. The van der Waals surface area contributed by atoms with Crippen molar-refractivity contribution >= 4 is 23.6 Å². The lowest BCUT2D eigenvalue weighted by Gasteiger charge is -2.13. The molecule has 0 radical (unpaired) electrons. The fourth-order valence-corrected chi connectivity index (χ4v) is 4.18. The number of carboxylic acid groups (broad SMARTS) is 1. The van der Waals surface area contributed by atoms with E-state index in [1.54, 1.807) is 7.11 Å². The maximum absolute atomic E-state index is 12.4. The van der Waals surface area contributed by atoms with Gasteiger partial charge in [-0.1, -0.05) is 69.7 Å². The second-order valence-electron chi connectivity index (χ2n) is 9.66.